The summed E-state index contributed by atoms with van der Waals surface area (Å²) in [5, 5.41) is 38.3. The van der Waals surface area contributed by atoms with Crippen LogP contribution in [0.2, 0.25) is 0 Å². The zero-order valence-corrected chi connectivity index (χ0v) is 25.4. The summed E-state index contributed by atoms with van der Waals surface area (Å²) in [6.07, 6.45) is -4.48. The average molecular weight is 618 g/mol. The molecule has 2 aromatic rings. The minimum absolute atomic E-state index is 0.173. The molecule has 0 saturated carbocycles. The van der Waals surface area contributed by atoms with Crippen LogP contribution < -0.4 is 16.4 Å². The number of aliphatic hydroxyl groups excluding tert-OH is 3. The van der Waals surface area contributed by atoms with Gasteiger partial charge in [0.05, 0.1) is 25.4 Å². The predicted octanol–water partition coefficient (Wildman–Crippen LogP) is 1.23. The van der Waals surface area contributed by atoms with Gasteiger partial charge in [0.15, 0.2) is 5.60 Å². The molecule has 1 aliphatic rings. The minimum atomic E-state index is -1.68. The van der Waals surface area contributed by atoms with Gasteiger partial charge in [0, 0.05) is 25.5 Å². The highest BCUT2D eigenvalue weighted by atomic mass is 32.2. The molecular formula is C31H43N3O8S. The van der Waals surface area contributed by atoms with Gasteiger partial charge in [0.25, 0.3) is 5.91 Å². The Morgan fingerprint density at radius 3 is 2.35 bits per heavy atom. The second kappa shape index (κ2) is 16.7. The van der Waals surface area contributed by atoms with Gasteiger partial charge in [-0.05, 0) is 60.6 Å². The summed E-state index contributed by atoms with van der Waals surface area (Å²) >= 11 is 1.68. The van der Waals surface area contributed by atoms with Gasteiger partial charge in [0.2, 0.25) is 5.91 Å². The molecule has 236 valence electrons. The number of carbonyl (C=O) groups excluding carboxylic acids is 3. The molecule has 0 radical (unpaired) electrons. The molecule has 0 aromatic heterocycles. The molecule has 2 aromatic carbocycles. The Kier molecular flexibility index (Phi) is 13.4. The Balaban J connectivity index is 1.70. The number of thioether (sulfide) groups is 1. The van der Waals surface area contributed by atoms with Crippen LogP contribution in [0.1, 0.15) is 43.0 Å². The van der Waals surface area contributed by atoms with Crippen molar-refractivity contribution in [3.8, 4) is 11.1 Å². The normalized spacial score (nSPS) is 23.2. The van der Waals surface area contributed by atoms with Gasteiger partial charge in [-0.2, -0.15) is 11.8 Å². The highest BCUT2D eigenvalue weighted by Gasteiger charge is 2.54. The minimum Gasteiger partial charge on any atom is -0.467 e. The van der Waals surface area contributed by atoms with Gasteiger partial charge in [0.1, 0.15) is 12.2 Å². The van der Waals surface area contributed by atoms with Gasteiger partial charge < -0.3 is 41.2 Å². The van der Waals surface area contributed by atoms with E-state index >= 15 is 0 Å². The molecule has 0 aliphatic carbocycles. The third kappa shape index (κ3) is 9.49. The Bertz CT molecular complexity index is 1190. The standard InChI is InChI=1S/C31H43N3O8S/c1-20(35)34-26-24(36)18-31(30(40)41-2,14-6-16-43-17-7-15-32)42-28(26)27(38)25(37)19-33-29(39)23-12-10-22(11-13-23)21-8-4-3-5-9-21/h3-5,8-13,24-28,36-38H,6-7,14-19,32H2,1-2H3,(H,33,39)(H,34,35). The number of benzene rings is 2. The van der Waals surface area contributed by atoms with E-state index in [4.69, 9.17) is 15.2 Å². The van der Waals surface area contributed by atoms with Crippen LogP contribution in [0.25, 0.3) is 11.1 Å². The second-order valence-corrected chi connectivity index (χ2v) is 11.9. The van der Waals surface area contributed by atoms with Crippen LogP contribution >= 0.6 is 11.8 Å². The van der Waals surface area contributed by atoms with E-state index < -0.39 is 53.8 Å². The van der Waals surface area contributed by atoms with E-state index in [-0.39, 0.29) is 19.4 Å². The SMILES string of the molecule is COC(=O)C1(CCCSCCCN)CC(O)C(NC(C)=O)C(C(O)C(O)CNC(=O)c2ccc(-c3ccccc3)cc2)O1. The number of amides is 2. The zero-order valence-electron chi connectivity index (χ0n) is 24.6. The highest BCUT2D eigenvalue weighted by molar-refractivity contribution is 7.99. The van der Waals surface area contributed by atoms with Crippen molar-refractivity contribution in [2.75, 3.05) is 31.7 Å². The summed E-state index contributed by atoms with van der Waals surface area (Å²) in [5.74, 6) is -0.106. The van der Waals surface area contributed by atoms with Gasteiger partial charge in [-0.15, -0.1) is 0 Å². The van der Waals surface area contributed by atoms with E-state index in [1.807, 2.05) is 42.5 Å². The molecule has 6 atom stereocenters. The molecule has 43 heavy (non-hydrogen) atoms. The molecule has 1 fully saturated rings. The van der Waals surface area contributed by atoms with Gasteiger partial charge >= 0.3 is 5.97 Å². The molecule has 1 aliphatic heterocycles. The molecule has 7 N–H and O–H groups in total. The number of nitrogens with two attached hydrogens (primary N) is 1. The lowest BCUT2D eigenvalue weighted by Gasteiger charge is -2.47. The van der Waals surface area contributed by atoms with Crippen molar-refractivity contribution in [3.63, 3.8) is 0 Å². The molecule has 6 unspecified atom stereocenters. The summed E-state index contributed by atoms with van der Waals surface area (Å²) in [5.41, 5.74) is 6.24. The largest absolute Gasteiger partial charge is 0.467 e. The molecule has 1 saturated heterocycles. The summed E-state index contributed by atoms with van der Waals surface area (Å²) in [6.45, 7) is 1.48. The number of hydrogen-bond acceptors (Lipinski definition) is 10. The molecule has 0 bridgehead atoms. The fourth-order valence-corrected chi connectivity index (χ4v) is 6.10. The van der Waals surface area contributed by atoms with Crippen molar-refractivity contribution in [1.82, 2.24) is 10.6 Å². The molecule has 3 rings (SSSR count). The lowest BCUT2D eigenvalue weighted by atomic mass is 9.81. The monoisotopic (exact) mass is 617 g/mol. The summed E-state index contributed by atoms with van der Waals surface area (Å²) < 4.78 is 11.2. The highest BCUT2D eigenvalue weighted by Crippen LogP contribution is 2.36. The topological polar surface area (TPSA) is 180 Å². The van der Waals surface area contributed by atoms with E-state index in [9.17, 15) is 29.7 Å². The van der Waals surface area contributed by atoms with Gasteiger partial charge in [-0.3, -0.25) is 9.59 Å². The number of rotatable bonds is 15. The Labute approximate surface area is 256 Å². The lowest BCUT2D eigenvalue weighted by Crippen LogP contribution is -2.67. The summed E-state index contributed by atoms with van der Waals surface area (Å²) in [4.78, 5) is 37.7. The van der Waals surface area contributed by atoms with Gasteiger partial charge in [-0.25, -0.2) is 4.79 Å². The van der Waals surface area contributed by atoms with E-state index in [1.54, 1.807) is 23.9 Å². The van der Waals surface area contributed by atoms with Crippen LogP contribution in [0.15, 0.2) is 54.6 Å². The van der Waals surface area contributed by atoms with Crippen molar-refractivity contribution in [2.24, 2.45) is 5.73 Å². The van der Waals surface area contributed by atoms with Gasteiger partial charge in [-0.1, -0.05) is 42.5 Å². The Morgan fingerprint density at radius 1 is 1.07 bits per heavy atom. The number of hydrogen-bond donors (Lipinski definition) is 6. The maximum absolute atomic E-state index is 13.0. The van der Waals surface area contributed by atoms with Crippen LogP contribution in [0.4, 0.5) is 0 Å². The van der Waals surface area contributed by atoms with E-state index in [2.05, 4.69) is 10.6 Å². The fourth-order valence-electron chi connectivity index (χ4n) is 5.17. The van der Waals surface area contributed by atoms with E-state index in [0.717, 1.165) is 23.3 Å². The third-order valence-corrected chi connectivity index (χ3v) is 8.57. The molecule has 12 heteroatoms. The van der Waals surface area contributed by atoms with Crippen LogP contribution in [0.3, 0.4) is 0 Å². The second-order valence-electron chi connectivity index (χ2n) is 10.6. The van der Waals surface area contributed by atoms with Crippen LogP contribution in [0, 0.1) is 0 Å². The number of esters is 1. The molecule has 1 heterocycles. The van der Waals surface area contributed by atoms with Crippen molar-refractivity contribution in [2.45, 2.75) is 68.7 Å². The Hall–Kier alpha value is -3.00. The molecular weight excluding hydrogens is 574 g/mol. The van der Waals surface area contributed by atoms with E-state index in [0.29, 0.717) is 24.3 Å². The molecule has 11 nitrogen and oxygen atoms in total. The first-order valence-electron chi connectivity index (χ1n) is 14.4. The summed E-state index contributed by atoms with van der Waals surface area (Å²) in [6, 6.07) is 15.5. The number of methoxy groups -OCH3 is 1. The number of carbonyl (C=O) groups is 3. The van der Waals surface area contributed by atoms with Crippen LogP contribution in [-0.4, -0.2) is 101 Å². The van der Waals surface area contributed by atoms with E-state index in [1.165, 1.54) is 14.0 Å². The molecule has 2 amide bonds. The van der Waals surface area contributed by atoms with Crippen molar-refractivity contribution < 1.29 is 39.2 Å². The zero-order chi connectivity index (χ0) is 31.4. The predicted molar refractivity (Wildman–Crippen MR) is 164 cm³/mol. The Morgan fingerprint density at radius 2 is 1.72 bits per heavy atom. The first-order chi connectivity index (χ1) is 20.6. The van der Waals surface area contributed by atoms with Crippen LogP contribution in [-0.2, 0) is 19.1 Å². The fraction of sp³-hybridized carbons (Fsp3) is 0.516. The smallest absolute Gasteiger partial charge is 0.338 e. The lowest BCUT2D eigenvalue weighted by molar-refractivity contribution is -0.231. The quantitative estimate of drug-likeness (QED) is 0.126. The average Bonchev–Trinajstić information content (AvgIpc) is 3.02. The third-order valence-electron chi connectivity index (χ3n) is 7.42. The maximum atomic E-state index is 13.0. The number of aliphatic hydroxyl groups is 3. The molecule has 0 spiro atoms. The number of ether oxygens (including phenoxy) is 2. The van der Waals surface area contributed by atoms with Crippen molar-refractivity contribution in [1.29, 1.82) is 0 Å². The van der Waals surface area contributed by atoms with Crippen molar-refractivity contribution >= 4 is 29.5 Å². The van der Waals surface area contributed by atoms with Crippen LogP contribution in [0.5, 0.6) is 0 Å². The summed E-state index contributed by atoms with van der Waals surface area (Å²) in [7, 11) is 1.21. The van der Waals surface area contributed by atoms with Crippen molar-refractivity contribution in [3.05, 3.63) is 60.2 Å². The first-order valence-corrected chi connectivity index (χ1v) is 15.6. The number of nitrogens with one attached hydrogen (secondary N) is 2. The first kappa shape index (κ1) is 34.5. The maximum Gasteiger partial charge on any atom is 0.338 e.